The molecule has 0 saturated carbocycles. The van der Waals surface area contributed by atoms with Crippen molar-refractivity contribution in [3.63, 3.8) is 0 Å². The topological polar surface area (TPSA) is 33.1 Å². The van der Waals surface area contributed by atoms with Crippen molar-refractivity contribution in [2.24, 2.45) is 0 Å². The van der Waals surface area contributed by atoms with Gasteiger partial charge in [0.05, 0.1) is 16.3 Å². The first kappa shape index (κ1) is 14.2. The highest BCUT2D eigenvalue weighted by Gasteiger charge is 2.31. The fourth-order valence-electron chi connectivity index (χ4n) is 2.11. The SMILES string of the molecule is CCC(O)(Cc1nc(C)c(C)s1)c1ccccc1F. The molecule has 0 amide bonds. The molecule has 0 saturated heterocycles. The molecule has 0 aliphatic heterocycles. The molecule has 2 rings (SSSR count). The molecule has 102 valence electrons. The smallest absolute Gasteiger partial charge is 0.129 e. The van der Waals surface area contributed by atoms with Gasteiger partial charge in [-0.05, 0) is 26.3 Å². The highest BCUT2D eigenvalue weighted by atomic mass is 32.1. The van der Waals surface area contributed by atoms with Crippen LogP contribution in [0.15, 0.2) is 24.3 Å². The molecule has 1 aromatic carbocycles. The number of aromatic nitrogens is 1. The number of nitrogens with zero attached hydrogens (tertiary/aromatic N) is 1. The first-order valence-electron chi connectivity index (χ1n) is 6.36. The number of hydrogen-bond acceptors (Lipinski definition) is 3. The van der Waals surface area contributed by atoms with Crippen molar-refractivity contribution in [1.29, 1.82) is 0 Å². The molecule has 1 N–H and O–H groups in total. The summed E-state index contributed by atoms with van der Waals surface area (Å²) in [5.74, 6) is -0.364. The number of hydrogen-bond donors (Lipinski definition) is 1. The second-order valence-corrected chi connectivity index (χ2v) is 6.08. The van der Waals surface area contributed by atoms with Crippen LogP contribution in [0.25, 0.3) is 0 Å². The Morgan fingerprint density at radius 2 is 2.00 bits per heavy atom. The van der Waals surface area contributed by atoms with Gasteiger partial charge in [-0.1, -0.05) is 25.1 Å². The van der Waals surface area contributed by atoms with Crippen molar-refractivity contribution < 1.29 is 9.50 Å². The van der Waals surface area contributed by atoms with Gasteiger partial charge in [0, 0.05) is 16.9 Å². The van der Waals surface area contributed by atoms with Crippen molar-refractivity contribution in [2.45, 2.75) is 39.2 Å². The van der Waals surface area contributed by atoms with Gasteiger partial charge in [-0.3, -0.25) is 0 Å². The molecule has 1 unspecified atom stereocenters. The van der Waals surface area contributed by atoms with Crippen LogP contribution in [0.4, 0.5) is 4.39 Å². The number of benzene rings is 1. The summed E-state index contributed by atoms with van der Waals surface area (Å²) in [4.78, 5) is 5.58. The lowest BCUT2D eigenvalue weighted by Gasteiger charge is -2.26. The Labute approximate surface area is 116 Å². The van der Waals surface area contributed by atoms with E-state index in [0.29, 0.717) is 18.4 Å². The number of halogens is 1. The third-order valence-corrected chi connectivity index (χ3v) is 4.55. The van der Waals surface area contributed by atoms with Gasteiger partial charge in [-0.2, -0.15) is 0 Å². The van der Waals surface area contributed by atoms with Crippen LogP contribution in [0.5, 0.6) is 0 Å². The van der Waals surface area contributed by atoms with Gasteiger partial charge < -0.3 is 5.11 Å². The Morgan fingerprint density at radius 3 is 2.53 bits per heavy atom. The molecule has 1 heterocycles. The van der Waals surface area contributed by atoms with E-state index < -0.39 is 5.60 Å². The second-order valence-electron chi connectivity index (χ2n) is 4.79. The lowest BCUT2D eigenvalue weighted by Crippen LogP contribution is -2.28. The molecule has 1 aromatic heterocycles. The van der Waals surface area contributed by atoms with Gasteiger partial charge in [-0.25, -0.2) is 9.37 Å². The van der Waals surface area contributed by atoms with Crippen LogP contribution in [0.3, 0.4) is 0 Å². The van der Waals surface area contributed by atoms with E-state index in [1.807, 2.05) is 20.8 Å². The molecular formula is C15H18FNOS. The average molecular weight is 279 g/mol. The van der Waals surface area contributed by atoms with Gasteiger partial charge in [0.25, 0.3) is 0 Å². The zero-order valence-corrected chi connectivity index (χ0v) is 12.2. The fourth-order valence-corrected chi connectivity index (χ4v) is 3.15. The molecule has 0 radical (unpaired) electrons. The number of aliphatic hydroxyl groups is 1. The van der Waals surface area contributed by atoms with E-state index >= 15 is 0 Å². The molecule has 4 heteroatoms. The maximum absolute atomic E-state index is 13.9. The zero-order valence-electron chi connectivity index (χ0n) is 11.4. The first-order valence-corrected chi connectivity index (χ1v) is 7.18. The van der Waals surface area contributed by atoms with Crippen molar-refractivity contribution in [1.82, 2.24) is 4.98 Å². The molecule has 0 aliphatic rings. The Hall–Kier alpha value is -1.26. The Balaban J connectivity index is 2.35. The molecule has 2 nitrogen and oxygen atoms in total. The van der Waals surface area contributed by atoms with Crippen LogP contribution in [0.2, 0.25) is 0 Å². The van der Waals surface area contributed by atoms with Gasteiger partial charge >= 0.3 is 0 Å². The fraction of sp³-hybridized carbons (Fsp3) is 0.400. The standard InChI is InChI=1S/C15H18FNOS/c1-4-15(18,12-7-5-6-8-13(12)16)9-14-17-10(2)11(3)19-14/h5-8,18H,4,9H2,1-3H3. The second kappa shape index (κ2) is 5.39. The van der Waals surface area contributed by atoms with E-state index in [1.165, 1.54) is 6.07 Å². The largest absolute Gasteiger partial charge is 0.385 e. The summed E-state index contributed by atoms with van der Waals surface area (Å²) in [6.07, 6.45) is 0.801. The van der Waals surface area contributed by atoms with E-state index in [2.05, 4.69) is 4.98 Å². The van der Waals surface area contributed by atoms with Crippen LogP contribution in [0, 0.1) is 19.7 Å². The van der Waals surface area contributed by atoms with Crippen LogP contribution in [-0.2, 0) is 12.0 Å². The first-order chi connectivity index (χ1) is 8.96. The molecule has 0 spiro atoms. The molecule has 0 fully saturated rings. The minimum atomic E-state index is -1.19. The zero-order chi connectivity index (χ0) is 14.0. The molecule has 0 aliphatic carbocycles. The summed E-state index contributed by atoms with van der Waals surface area (Å²) in [6, 6.07) is 6.41. The molecule has 0 bridgehead atoms. The van der Waals surface area contributed by atoms with Crippen LogP contribution in [-0.4, -0.2) is 10.1 Å². The van der Waals surface area contributed by atoms with Gasteiger partial charge in [0.2, 0.25) is 0 Å². The quantitative estimate of drug-likeness (QED) is 0.925. The summed E-state index contributed by atoms with van der Waals surface area (Å²) in [6.45, 7) is 5.81. The van der Waals surface area contributed by atoms with E-state index in [-0.39, 0.29) is 5.82 Å². The van der Waals surface area contributed by atoms with Crippen LogP contribution in [0.1, 0.15) is 34.5 Å². The Morgan fingerprint density at radius 1 is 1.32 bits per heavy atom. The molecular weight excluding hydrogens is 261 g/mol. The lowest BCUT2D eigenvalue weighted by atomic mass is 9.88. The minimum Gasteiger partial charge on any atom is -0.385 e. The van der Waals surface area contributed by atoms with E-state index in [0.717, 1.165) is 15.6 Å². The number of aryl methyl sites for hydroxylation is 2. The monoisotopic (exact) mass is 279 g/mol. The van der Waals surface area contributed by atoms with E-state index in [4.69, 9.17) is 0 Å². The third kappa shape index (κ3) is 2.85. The molecule has 19 heavy (non-hydrogen) atoms. The van der Waals surface area contributed by atoms with Crippen molar-refractivity contribution in [2.75, 3.05) is 0 Å². The Kier molecular flexibility index (Phi) is 4.02. The van der Waals surface area contributed by atoms with E-state index in [1.54, 1.807) is 29.5 Å². The van der Waals surface area contributed by atoms with Crippen molar-refractivity contribution >= 4 is 11.3 Å². The van der Waals surface area contributed by atoms with Gasteiger partial charge in [0.1, 0.15) is 5.82 Å². The number of thiazole rings is 1. The maximum Gasteiger partial charge on any atom is 0.129 e. The average Bonchev–Trinajstić information content (AvgIpc) is 2.68. The van der Waals surface area contributed by atoms with Crippen LogP contribution >= 0.6 is 11.3 Å². The number of rotatable bonds is 4. The summed E-state index contributed by atoms with van der Waals surface area (Å²) < 4.78 is 13.9. The normalized spacial score (nSPS) is 14.4. The highest BCUT2D eigenvalue weighted by Crippen LogP contribution is 2.32. The third-order valence-electron chi connectivity index (χ3n) is 3.48. The molecule has 2 aromatic rings. The minimum absolute atomic E-state index is 0.350. The maximum atomic E-state index is 13.9. The predicted molar refractivity (Wildman–Crippen MR) is 75.9 cm³/mol. The lowest BCUT2D eigenvalue weighted by molar-refractivity contribution is 0.0291. The van der Waals surface area contributed by atoms with Crippen molar-refractivity contribution in [3.05, 3.63) is 51.2 Å². The summed E-state index contributed by atoms with van der Waals surface area (Å²) in [5.41, 5.74) is 0.136. The van der Waals surface area contributed by atoms with E-state index in [9.17, 15) is 9.50 Å². The predicted octanol–water partition coefficient (Wildman–Crippen LogP) is 3.74. The highest BCUT2D eigenvalue weighted by molar-refractivity contribution is 7.11. The van der Waals surface area contributed by atoms with Crippen LogP contribution < -0.4 is 0 Å². The summed E-state index contributed by atoms with van der Waals surface area (Å²) in [7, 11) is 0. The van der Waals surface area contributed by atoms with Crippen molar-refractivity contribution in [3.8, 4) is 0 Å². The van der Waals surface area contributed by atoms with Gasteiger partial charge in [-0.15, -0.1) is 11.3 Å². The Bertz CT molecular complexity index is 562. The molecule has 1 atom stereocenters. The summed E-state index contributed by atoms with van der Waals surface area (Å²) >= 11 is 1.56. The summed E-state index contributed by atoms with van der Waals surface area (Å²) in [5, 5.41) is 11.6. The van der Waals surface area contributed by atoms with Gasteiger partial charge in [0.15, 0.2) is 0 Å².